The summed E-state index contributed by atoms with van der Waals surface area (Å²) in [4.78, 5) is 8.36. The maximum atomic E-state index is 8.36. The second-order valence-electron chi connectivity index (χ2n) is 7.34. The van der Waals surface area contributed by atoms with Crippen LogP contribution in [0.2, 0.25) is 0 Å². The number of carbonyl (C=O) groups is 1. The molecule has 0 amide bonds. The maximum absolute atomic E-state index is 8.36. The Morgan fingerprint density at radius 3 is 2.15 bits per heavy atom. The zero-order chi connectivity index (χ0) is 20.3. The fourth-order valence-electron chi connectivity index (χ4n) is 3.04. The van der Waals surface area contributed by atoms with Crippen molar-refractivity contribution in [2.45, 2.75) is 78.6 Å². The third-order valence-electron chi connectivity index (χ3n) is 4.90. The van der Waals surface area contributed by atoms with Crippen LogP contribution in [0.1, 0.15) is 77.7 Å². The van der Waals surface area contributed by atoms with E-state index >= 15 is 0 Å². The van der Waals surface area contributed by atoms with Gasteiger partial charge >= 0.3 is 0 Å². The molecule has 0 unspecified atom stereocenters. The van der Waals surface area contributed by atoms with E-state index in [-0.39, 0.29) is 6.47 Å². The van der Waals surface area contributed by atoms with Crippen LogP contribution >= 0.6 is 0 Å². The molecular weight excluding hydrogens is 336 g/mol. The van der Waals surface area contributed by atoms with Crippen molar-refractivity contribution in [2.75, 3.05) is 6.61 Å². The number of aryl methyl sites for hydroxylation is 1. The van der Waals surface area contributed by atoms with Gasteiger partial charge in [0.1, 0.15) is 5.75 Å². The van der Waals surface area contributed by atoms with E-state index in [0.29, 0.717) is 0 Å². The maximum Gasteiger partial charge on any atom is 0.290 e. The minimum absolute atomic E-state index is 0.250. The van der Waals surface area contributed by atoms with Crippen molar-refractivity contribution < 1.29 is 14.6 Å². The number of ether oxygens (including phenoxy) is 1. The number of benzene rings is 1. The van der Waals surface area contributed by atoms with Crippen molar-refractivity contribution >= 4 is 6.47 Å². The quantitative estimate of drug-likeness (QED) is 0.305. The van der Waals surface area contributed by atoms with Gasteiger partial charge in [-0.1, -0.05) is 64.7 Å². The molecule has 0 atom stereocenters. The van der Waals surface area contributed by atoms with Gasteiger partial charge in [0.2, 0.25) is 0 Å². The molecular formula is C24H40O3. The van der Waals surface area contributed by atoms with Crippen molar-refractivity contribution in [2.24, 2.45) is 11.8 Å². The van der Waals surface area contributed by atoms with Crippen molar-refractivity contribution in [1.29, 1.82) is 0 Å². The number of hydrogen-bond acceptors (Lipinski definition) is 2. The van der Waals surface area contributed by atoms with Crippen LogP contribution in [0.25, 0.3) is 0 Å². The highest BCUT2D eigenvalue weighted by atomic mass is 16.5. The number of rotatable bonds is 8. The molecule has 2 rings (SSSR count). The summed E-state index contributed by atoms with van der Waals surface area (Å²) < 4.78 is 5.96. The lowest BCUT2D eigenvalue weighted by atomic mass is 9.83. The van der Waals surface area contributed by atoms with E-state index in [2.05, 4.69) is 51.6 Å². The Hall–Kier alpha value is -1.77. The highest BCUT2D eigenvalue weighted by Gasteiger charge is 2.18. The molecule has 27 heavy (non-hydrogen) atoms. The first-order chi connectivity index (χ1) is 13.1. The standard InChI is InChI=1S/C19H30O.C4H8.CH2O2/c1-3-4-5-6-17-11-13-19(14-12-17)20-15-18-9-7-16(2)8-10-18;1-3-4-2;2-1-3/h11-14,16,18H,3-10,15H2,1-2H3;3H,1,4H2,2H3;1H,(H,2,3). The molecule has 0 aromatic heterocycles. The van der Waals surface area contributed by atoms with Gasteiger partial charge < -0.3 is 9.84 Å². The molecule has 1 aromatic carbocycles. The summed E-state index contributed by atoms with van der Waals surface area (Å²) >= 11 is 0. The van der Waals surface area contributed by atoms with Crippen LogP contribution in [0.5, 0.6) is 5.75 Å². The number of allylic oxidation sites excluding steroid dienone is 1. The average molecular weight is 377 g/mol. The van der Waals surface area contributed by atoms with Crippen molar-refractivity contribution in [3.8, 4) is 5.75 Å². The van der Waals surface area contributed by atoms with E-state index in [9.17, 15) is 0 Å². The first-order valence-electron chi connectivity index (χ1n) is 10.5. The molecule has 1 N–H and O–H groups in total. The number of unbranched alkanes of at least 4 members (excludes halogenated alkanes) is 2. The first-order valence-corrected chi connectivity index (χ1v) is 10.5. The summed E-state index contributed by atoms with van der Waals surface area (Å²) in [6.07, 6.45) is 13.5. The summed E-state index contributed by atoms with van der Waals surface area (Å²) in [6, 6.07) is 8.75. The van der Waals surface area contributed by atoms with Crippen LogP contribution in [-0.4, -0.2) is 18.2 Å². The third-order valence-corrected chi connectivity index (χ3v) is 4.90. The molecule has 0 radical (unpaired) electrons. The fraction of sp³-hybridized carbons (Fsp3) is 0.625. The molecule has 0 aliphatic heterocycles. The van der Waals surface area contributed by atoms with E-state index in [0.717, 1.165) is 30.6 Å². The second-order valence-corrected chi connectivity index (χ2v) is 7.34. The van der Waals surface area contributed by atoms with Gasteiger partial charge in [-0.3, -0.25) is 4.79 Å². The number of hydrogen-bond donors (Lipinski definition) is 1. The van der Waals surface area contributed by atoms with Crippen LogP contribution in [0.4, 0.5) is 0 Å². The van der Waals surface area contributed by atoms with Gasteiger partial charge in [-0.05, 0) is 61.6 Å². The molecule has 3 nitrogen and oxygen atoms in total. The molecule has 1 saturated carbocycles. The van der Waals surface area contributed by atoms with Gasteiger partial charge in [0, 0.05) is 0 Å². The smallest absolute Gasteiger partial charge is 0.290 e. The van der Waals surface area contributed by atoms with Gasteiger partial charge in [-0.2, -0.15) is 0 Å². The highest BCUT2D eigenvalue weighted by molar-refractivity contribution is 5.32. The van der Waals surface area contributed by atoms with E-state index in [1.807, 2.05) is 6.08 Å². The summed E-state index contributed by atoms with van der Waals surface area (Å²) in [5.74, 6) is 2.74. The lowest BCUT2D eigenvalue weighted by molar-refractivity contribution is -0.122. The fourth-order valence-corrected chi connectivity index (χ4v) is 3.04. The van der Waals surface area contributed by atoms with Gasteiger partial charge in [0.15, 0.2) is 0 Å². The van der Waals surface area contributed by atoms with Crippen molar-refractivity contribution in [1.82, 2.24) is 0 Å². The molecule has 0 saturated heterocycles. The van der Waals surface area contributed by atoms with E-state index < -0.39 is 0 Å². The first kappa shape index (κ1) is 25.2. The van der Waals surface area contributed by atoms with Gasteiger partial charge in [0.05, 0.1) is 6.61 Å². The highest BCUT2D eigenvalue weighted by Crippen LogP contribution is 2.28. The molecule has 1 aromatic rings. The lowest BCUT2D eigenvalue weighted by Gasteiger charge is -2.26. The summed E-state index contributed by atoms with van der Waals surface area (Å²) in [6.45, 7) is 10.8. The lowest BCUT2D eigenvalue weighted by Crippen LogP contribution is -2.18. The Kier molecular flexibility index (Phi) is 16.5. The molecule has 0 spiro atoms. The topological polar surface area (TPSA) is 46.5 Å². The summed E-state index contributed by atoms with van der Waals surface area (Å²) in [7, 11) is 0. The van der Waals surface area contributed by atoms with E-state index in [4.69, 9.17) is 14.6 Å². The Bertz CT molecular complexity index is 459. The predicted octanol–water partition coefficient (Wildman–Crippen LogP) is 6.91. The van der Waals surface area contributed by atoms with Gasteiger partial charge in [0.25, 0.3) is 6.47 Å². The largest absolute Gasteiger partial charge is 0.493 e. The normalized spacial score (nSPS) is 18.2. The average Bonchev–Trinajstić information content (AvgIpc) is 2.69. The minimum atomic E-state index is -0.250. The van der Waals surface area contributed by atoms with Gasteiger partial charge in [-0.25, -0.2) is 0 Å². The molecule has 3 heteroatoms. The van der Waals surface area contributed by atoms with Crippen LogP contribution in [0, 0.1) is 11.8 Å². The SMILES string of the molecule is C=CCC.CCCCCc1ccc(OCC2CCC(C)CC2)cc1.O=CO. The third kappa shape index (κ3) is 14.0. The molecule has 0 bridgehead atoms. The molecule has 1 aliphatic rings. The zero-order valence-electron chi connectivity index (χ0n) is 17.7. The van der Waals surface area contributed by atoms with Gasteiger partial charge in [-0.15, -0.1) is 6.58 Å². The molecule has 1 fully saturated rings. The van der Waals surface area contributed by atoms with E-state index in [1.165, 1.54) is 56.9 Å². The molecule has 154 valence electrons. The monoisotopic (exact) mass is 376 g/mol. The second kappa shape index (κ2) is 17.6. The Morgan fingerprint density at radius 1 is 1.11 bits per heavy atom. The van der Waals surface area contributed by atoms with E-state index in [1.54, 1.807) is 0 Å². The molecule has 0 heterocycles. The molecule has 1 aliphatic carbocycles. The van der Waals surface area contributed by atoms with Crippen molar-refractivity contribution in [3.05, 3.63) is 42.5 Å². The Balaban J connectivity index is 0.000000836. The Morgan fingerprint density at radius 2 is 1.67 bits per heavy atom. The zero-order valence-corrected chi connectivity index (χ0v) is 17.7. The van der Waals surface area contributed by atoms with Crippen LogP contribution in [-0.2, 0) is 11.2 Å². The van der Waals surface area contributed by atoms with Crippen LogP contribution in [0.3, 0.4) is 0 Å². The van der Waals surface area contributed by atoms with Crippen LogP contribution < -0.4 is 4.74 Å². The minimum Gasteiger partial charge on any atom is -0.493 e. The predicted molar refractivity (Wildman–Crippen MR) is 115 cm³/mol. The summed E-state index contributed by atoms with van der Waals surface area (Å²) in [5.41, 5.74) is 1.44. The number of carboxylic acid groups (broad SMARTS) is 1. The Labute approximate surface area is 166 Å². The van der Waals surface area contributed by atoms with Crippen LogP contribution in [0.15, 0.2) is 36.9 Å². The summed E-state index contributed by atoms with van der Waals surface area (Å²) in [5, 5.41) is 6.89. The van der Waals surface area contributed by atoms with Crippen molar-refractivity contribution in [3.63, 3.8) is 0 Å².